The van der Waals surface area contributed by atoms with Crippen LogP contribution in [0.25, 0.3) is 0 Å². The Balaban J connectivity index is 2.28. The minimum absolute atomic E-state index is 0.0788. The van der Waals surface area contributed by atoms with Crippen LogP contribution >= 0.6 is 11.6 Å². The van der Waals surface area contributed by atoms with Crippen molar-refractivity contribution in [3.8, 4) is 0 Å². The summed E-state index contributed by atoms with van der Waals surface area (Å²) >= 11 is 5.95. The molecule has 1 unspecified atom stereocenters. The molecule has 1 aliphatic heterocycles. The summed E-state index contributed by atoms with van der Waals surface area (Å²) < 4.78 is 26.8. The fourth-order valence-electron chi connectivity index (χ4n) is 2.65. The quantitative estimate of drug-likeness (QED) is 0.648. The maximum Gasteiger partial charge on any atom is 0.271 e. The molecule has 1 atom stereocenters. The summed E-state index contributed by atoms with van der Waals surface area (Å²) in [5.41, 5.74) is -0.226. The molecule has 1 aliphatic rings. The smallest absolute Gasteiger partial charge is 0.271 e. The van der Waals surface area contributed by atoms with Crippen LogP contribution in [0.15, 0.2) is 23.1 Å². The largest absolute Gasteiger partial charge is 0.319 e. The van der Waals surface area contributed by atoms with Gasteiger partial charge in [-0.15, -0.1) is 0 Å². The summed E-state index contributed by atoms with van der Waals surface area (Å²) in [5, 5.41) is 13.6. The van der Waals surface area contributed by atoms with Gasteiger partial charge in [0.15, 0.2) is 0 Å². The first-order chi connectivity index (χ1) is 10.4. The van der Waals surface area contributed by atoms with Crippen LogP contribution in [0.5, 0.6) is 0 Å². The zero-order valence-electron chi connectivity index (χ0n) is 12.2. The molecular formula is C13H18ClN3O4S. The lowest BCUT2D eigenvalue weighted by molar-refractivity contribution is -0.384. The number of rotatable bonds is 5. The predicted octanol–water partition coefficient (Wildman–Crippen LogP) is 1.87. The molecule has 1 heterocycles. The number of piperidine rings is 1. The Hall–Kier alpha value is -1.22. The van der Waals surface area contributed by atoms with E-state index in [4.69, 9.17) is 11.6 Å². The molecule has 0 aliphatic carbocycles. The molecule has 1 N–H and O–H groups in total. The molecule has 2 rings (SSSR count). The van der Waals surface area contributed by atoms with Crippen LogP contribution in [0, 0.1) is 16.0 Å². The molecule has 0 saturated carbocycles. The third-order valence-corrected chi connectivity index (χ3v) is 6.07. The second kappa shape index (κ2) is 6.91. The first kappa shape index (κ1) is 17.1. The van der Waals surface area contributed by atoms with E-state index in [1.165, 1.54) is 10.4 Å². The van der Waals surface area contributed by atoms with Crippen LogP contribution in [-0.4, -0.2) is 44.3 Å². The third-order valence-electron chi connectivity index (χ3n) is 3.72. The average molecular weight is 348 g/mol. The zero-order valence-corrected chi connectivity index (χ0v) is 13.7. The van der Waals surface area contributed by atoms with Crippen molar-refractivity contribution in [1.82, 2.24) is 9.62 Å². The fraction of sp³-hybridized carbons (Fsp3) is 0.538. The van der Waals surface area contributed by atoms with Crippen LogP contribution in [0.2, 0.25) is 5.02 Å². The highest BCUT2D eigenvalue weighted by Gasteiger charge is 2.31. The summed E-state index contributed by atoms with van der Waals surface area (Å²) in [6.07, 6.45) is 1.76. The predicted molar refractivity (Wildman–Crippen MR) is 83.5 cm³/mol. The van der Waals surface area contributed by atoms with Gasteiger partial charge in [0, 0.05) is 25.2 Å². The van der Waals surface area contributed by atoms with E-state index in [2.05, 4.69) is 5.32 Å². The molecule has 9 heteroatoms. The number of halogens is 1. The lowest BCUT2D eigenvalue weighted by atomic mass is 10.00. The van der Waals surface area contributed by atoms with Crippen molar-refractivity contribution >= 4 is 27.3 Å². The number of hydrogen-bond donors (Lipinski definition) is 1. The van der Waals surface area contributed by atoms with Gasteiger partial charge in [0.05, 0.1) is 9.95 Å². The van der Waals surface area contributed by atoms with E-state index in [-0.39, 0.29) is 21.5 Å². The minimum atomic E-state index is -3.74. The molecule has 22 heavy (non-hydrogen) atoms. The van der Waals surface area contributed by atoms with Crippen LogP contribution in [-0.2, 0) is 10.0 Å². The molecule has 1 saturated heterocycles. The molecule has 1 fully saturated rings. The van der Waals surface area contributed by atoms with E-state index >= 15 is 0 Å². The molecule has 0 spiro atoms. The summed E-state index contributed by atoms with van der Waals surface area (Å²) in [4.78, 5) is 10.0. The second-order valence-electron chi connectivity index (χ2n) is 5.30. The van der Waals surface area contributed by atoms with Crippen LogP contribution in [0.4, 0.5) is 5.69 Å². The molecule has 1 aromatic rings. The van der Waals surface area contributed by atoms with Crippen LogP contribution in [0.1, 0.15) is 12.8 Å². The first-order valence-electron chi connectivity index (χ1n) is 6.95. The van der Waals surface area contributed by atoms with Crippen molar-refractivity contribution in [2.24, 2.45) is 5.92 Å². The Kier molecular flexibility index (Phi) is 5.38. The van der Waals surface area contributed by atoms with E-state index in [9.17, 15) is 18.5 Å². The summed E-state index contributed by atoms with van der Waals surface area (Å²) in [5.74, 6) is 0.255. The van der Waals surface area contributed by atoms with E-state index in [0.717, 1.165) is 31.5 Å². The second-order valence-corrected chi connectivity index (χ2v) is 7.61. The number of nitro benzene ring substituents is 1. The number of benzene rings is 1. The van der Waals surface area contributed by atoms with E-state index in [0.29, 0.717) is 13.1 Å². The van der Waals surface area contributed by atoms with E-state index in [1.54, 1.807) is 0 Å². The van der Waals surface area contributed by atoms with Crippen LogP contribution < -0.4 is 5.32 Å². The highest BCUT2D eigenvalue weighted by atomic mass is 35.5. The van der Waals surface area contributed by atoms with E-state index < -0.39 is 14.9 Å². The highest BCUT2D eigenvalue weighted by Crippen LogP contribution is 2.30. The molecule has 0 aromatic heterocycles. The first-order valence-corrected chi connectivity index (χ1v) is 8.76. The lowest BCUT2D eigenvalue weighted by Gasteiger charge is -2.32. The van der Waals surface area contributed by atoms with Gasteiger partial charge in [-0.2, -0.15) is 4.31 Å². The number of sulfonamides is 1. The molecule has 1 aromatic carbocycles. The van der Waals surface area contributed by atoms with Crippen LogP contribution in [0.3, 0.4) is 0 Å². The topological polar surface area (TPSA) is 92.6 Å². The van der Waals surface area contributed by atoms with Gasteiger partial charge >= 0.3 is 0 Å². The Morgan fingerprint density at radius 3 is 2.82 bits per heavy atom. The summed E-state index contributed by atoms with van der Waals surface area (Å²) in [7, 11) is -1.90. The number of nitro groups is 1. The van der Waals surface area contributed by atoms with Crippen molar-refractivity contribution < 1.29 is 13.3 Å². The Morgan fingerprint density at radius 2 is 2.23 bits per heavy atom. The molecular weight excluding hydrogens is 330 g/mol. The molecule has 7 nitrogen and oxygen atoms in total. The Labute approximate surface area is 134 Å². The van der Waals surface area contributed by atoms with Crippen molar-refractivity contribution in [3.05, 3.63) is 33.3 Å². The van der Waals surface area contributed by atoms with Gasteiger partial charge in [-0.05, 0) is 38.4 Å². The highest BCUT2D eigenvalue weighted by molar-refractivity contribution is 7.89. The monoisotopic (exact) mass is 347 g/mol. The number of nitrogens with zero attached hydrogens (tertiary/aromatic N) is 2. The molecule has 0 amide bonds. The van der Waals surface area contributed by atoms with Gasteiger partial charge in [-0.1, -0.05) is 11.6 Å². The van der Waals surface area contributed by atoms with Crippen molar-refractivity contribution in [2.75, 3.05) is 26.7 Å². The SMILES string of the molecule is CNCC1CCCN(S(=O)(=O)c2ccc([N+](=O)[O-])cc2Cl)C1. The van der Waals surface area contributed by atoms with Crippen molar-refractivity contribution in [2.45, 2.75) is 17.7 Å². The Morgan fingerprint density at radius 1 is 1.50 bits per heavy atom. The van der Waals surface area contributed by atoms with E-state index in [1.807, 2.05) is 7.05 Å². The minimum Gasteiger partial charge on any atom is -0.319 e. The van der Waals surface area contributed by atoms with Crippen molar-refractivity contribution in [1.29, 1.82) is 0 Å². The number of non-ortho nitro benzene ring substituents is 1. The van der Waals surface area contributed by atoms with Gasteiger partial charge < -0.3 is 5.32 Å². The molecule has 0 radical (unpaired) electrons. The van der Waals surface area contributed by atoms with Crippen molar-refractivity contribution in [3.63, 3.8) is 0 Å². The molecule has 0 bridgehead atoms. The normalized spacial score (nSPS) is 20.0. The van der Waals surface area contributed by atoms with Gasteiger partial charge in [-0.25, -0.2) is 8.42 Å². The standard InChI is InChI=1S/C13H18ClN3O4S/c1-15-8-10-3-2-6-16(9-10)22(20,21)13-5-4-11(17(18)19)7-12(13)14/h4-5,7,10,15H,2-3,6,8-9H2,1H3. The average Bonchev–Trinajstić information content (AvgIpc) is 2.47. The summed E-state index contributed by atoms with van der Waals surface area (Å²) in [6.45, 7) is 1.62. The van der Waals surface area contributed by atoms with Gasteiger partial charge in [0.25, 0.3) is 5.69 Å². The number of hydrogen-bond acceptors (Lipinski definition) is 5. The van der Waals surface area contributed by atoms with Gasteiger partial charge in [0.2, 0.25) is 10.0 Å². The van der Waals surface area contributed by atoms with Gasteiger partial charge in [-0.3, -0.25) is 10.1 Å². The maximum absolute atomic E-state index is 12.7. The number of nitrogens with one attached hydrogen (secondary N) is 1. The van der Waals surface area contributed by atoms with Gasteiger partial charge in [0.1, 0.15) is 4.90 Å². The lowest BCUT2D eigenvalue weighted by Crippen LogP contribution is -2.42. The molecule has 122 valence electrons. The Bertz CT molecular complexity index is 663. The summed E-state index contributed by atoms with van der Waals surface area (Å²) in [6, 6.07) is 3.44. The zero-order chi connectivity index (χ0) is 16.3. The fourth-order valence-corrected chi connectivity index (χ4v) is 4.72. The maximum atomic E-state index is 12.7. The third kappa shape index (κ3) is 3.57.